The molecule has 0 heteroatoms. The molecule has 0 amide bonds. The van der Waals surface area contributed by atoms with Gasteiger partial charge in [-0.3, -0.25) is 0 Å². The van der Waals surface area contributed by atoms with E-state index in [4.69, 9.17) is 0 Å². The average molecular weight is 282 g/mol. The third-order valence-electron chi connectivity index (χ3n) is 2.80. The van der Waals surface area contributed by atoms with Gasteiger partial charge in [0.05, 0.1) is 0 Å². The van der Waals surface area contributed by atoms with E-state index in [0.29, 0.717) is 0 Å². The molecule has 2 aromatic carbocycles. The summed E-state index contributed by atoms with van der Waals surface area (Å²) in [5, 5.41) is 2.62. The first-order valence-electron chi connectivity index (χ1n) is 8.05. The van der Waals surface area contributed by atoms with Crippen LogP contribution in [-0.2, 0) is 0 Å². The van der Waals surface area contributed by atoms with Gasteiger partial charge in [-0.05, 0) is 30.5 Å². The summed E-state index contributed by atoms with van der Waals surface area (Å²) in [6.45, 7) is 10.4. The van der Waals surface area contributed by atoms with E-state index in [1.165, 1.54) is 16.3 Å². The molecule has 0 unspecified atom stereocenters. The zero-order valence-electron chi connectivity index (χ0n) is 14.3. The Kier molecular flexibility index (Phi) is 12.0. The Morgan fingerprint density at radius 2 is 1.24 bits per heavy atom. The summed E-state index contributed by atoms with van der Waals surface area (Å²) in [6.07, 6.45) is 8.85. The second-order valence-electron chi connectivity index (χ2n) is 4.51. The SMILES string of the molecule is CC.CC/C=C\C(C)=C/CC.c1ccc2ccccc2c1. The van der Waals surface area contributed by atoms with Gasteiger partial charge in [-0.15, -0.1) is 0 Å². The minimum Gasteiger partial charge on any atom is -0.0846 e. The van der Waals surface area contributed by atoms with E-state index in [2.05, 4.69) is 87.5 Å². The fraction of sp³-hybridized carbons (Fsp3) is 0.333. The number of allylic oxidation sites excluding steroid dienone is 4. The largest absolute Gasteiger partial charge is 0.0846 e. The second kappa shape index (κ2) is 13.2. The van der Waals surface area contributed by atoms with Crippen LogP contribution >= 0.6 is 0 Å². The van der Waals surface area contributed by atoms with E-state index in [1.807, 2.05) is 13.8 Å². The summed E-state index contributed by atoms with van der Waals surface area (Å²) < 4.78 is 0. The van der Waals surface area contributed by atoms with Gasteiger partial charge in [0.2, 0.25) is 0 Å². The Bertz CT molecular complexity index is 467. The molecule has 2 rings (SSSR count). The lowest BCUT2D eigenvalue weighted by atomic mass is 10.1. The van der Waals surface area contributed by atoms with Crippen LogP contribution in [0.3, 0.4) is 0 Å². The first-order valence-corrected chi connectivity index (χ1v) is 8.05. The molecule has 0 bridgehead atoms. The molecule has 0 aliphatic rings. The van der Waals surface area contributed by atoms with Crippen molar-refractivity contribution in [1.82, 2.24) is 0 Å². The lowest BCUT2D eigenvalue weighted by Gasteiger charge is -1.92. The van der Waals surface area contributed by atoms with Gasteiger partial charge in [-0.1, -0.05) is 100 Å². The lowest BCUT2D eigenvalue weighted by Crippen LogP contribution is -1.67. The molecule has 0 nitrogen and oxygen atoms in total. The van der Waals surface area contributed by atoms with Crippen molar-refractivity contribution in [3.05, 3.63) is 72.3 Å². The van der Waals surface area contributed by atoms with Crippen molar-refractivity contribution < 1.29 is 0 Å². The molecule has 0 saturated carbocycles. The zero-order valence-corrected chi connectivity index (χ0v) is 14.3. The van der Waals surface area contributed by atoms with Crippen LogP contribution in [0.1, 0.15) is 47.5 Å². The topological polar surface area (TPSA) is 0 Å². The number of hydrogen-bond donors (Lipinski definition) is 0. The smallest absolute Gasteiger partial charge is 0.0184 e. The van der Waals surface area contributed by atoms with Gasteiger partial charge in [0, 0.05) is 0 Å². The van der Waals surface area contributed by atoms with Gasteiger partial charge >= 0.3 is 0 Å². The van der Waals surface area contributed by atoms with Crippen LogP contribution in [0.15, 0.2) is 72.3 Å². The average Bonchev–Trinajstić information content (AvgIpc) is 2.56. The van der Waals surface area contributed by atoms with Gasteiger partial charge in [-0.25, -0.2) is 0 Å². The minimum absolute atomic E-state index is 1.13. The van der Waals surface area contributed by atoms with E-state index in [-0.39, 0.29) is 0 Å². The maximum atomic E-state index is 2.23. The standard InChI is InChI=1S/C10H8.C9H16.C2H6/c1-2-6-10-8-4-3-7-9(10)5-1;1-4-6-8-9(3)7-5-2;1-2/h1-8H;6-8H,4-5H2,1-3H3;1-2H3/b;8-6-,9-7-;. The maximum absolute atomic E-state index is 2.23. The lowest BCUT2D eigenvalue weighted by molar-refractivity contribution is 1.18. The fourth-order valence-electron chi connectivity index (χ4n) is 1.83. The molecule has 0 aromatic heterocycles. The van der Waals surface area contributed by atoms with Crippen molar-refractivity contribution in [2.75, 3.05) is 0 Å². The van der Waals surface area contributed by atoms with Crippen LogP contribution in [0.4, 0.5) is 0 Å². The zero-order chi connectivity index (χ0) is 15.9. The van der Waals surface area contributed by atoms with Gasteiger partial charge in [-0.2, -0.15) is 0 Å². The van der Waals surface area contributed by atoms with Crippen LogP contribution in [0, 0.1) is 0 Å². The summed E-state index contributed by atoms with van der Waals surface area (Å²) in [7, 11) is 0. The van der Waals surface area contributed by atoms with Gasteiger partial charge in [0.15, 0.2) is 0 Å². The molecule has 114 valence electrons. The van der Waals surface area contributed by atoms with Gasteiger partial charge in [0.1, 0.15) is 0 Å². The Balaban J connectivity index is 0.000000344. The van der Waals surface area contributed by atoms with Crippen molar-refractivity contribution >= 4 is 10.8 Å². The predicted octanol–water partition coefficient (Wildman–Crippen LogP) is 7.17. The number of hydrogen-bond acceptors (Lipinski definition) is 0. The van der Waals surface area contributed by atoms with Crippen molar-refractivity contribution in [2.45, 2.75) is 47.5 Å². The molecule has 0 atom stereocenters. The quantitative estimate of drug-likeness (QED) is 0.523. The molecule has 0 N–H and O–H groups in total. The molecule has 0 aliphatic carbocycles. The highest BCUT2D eigenvalue weighted by Crippen LogP contribution is 2.11. The first-order chi connectivity index (χ1) is 10.3. The predicted molar refractivity (Wildman–Crippen MR) is 98.8 cm³/mol. The molecule has 0 saturated heterocycles. The highest BCUT2D eigenvalue weighted by Gasteiger charge is 1.85. The third-order valence-corrected chi connectivity index (χ3v) is 2.80. The van der Waals surface area contributed by atoms with Crippen LogP contribution in [0.5, 0.6) is 0 Å². The molecule has 0 spiro atoms. The monoisotopic (exact) mass is 282 g/mol. The summed E-state index contributed by atoms with van der Waals surface area (Å²) in [5.41, 5.74) is 1.37. The molecule has 0 fully saturated rings. The van der Waals surface area contributed by atoms with Crippen LogP contribution in [-0.4, -0.2) is 0 Å². The van der Waals surface area contributed by atoms with Gasteiger partial charge in [0.25, 0.3) is 0 Å². The highest BCUT2D eigenvalue weighted by molar-refractivity contribution is 5.81. The first kappa shape index (κ1) is 19.2. The number of rotatable bonds is 3. The molecule has 2 aromatic rings. The summed E-state index contributed by atoms with van der Waals surface area (Å²) in [5.74, 6) is 0. The highest BCUT2D eigenvalue weighted by atomic mass is 13.9. The van der Waals surface area contributed by atoms with Crippen molar-refractivity contribution in [1.29, 1.82) is 0 Å². The number of fused-ring (bicyclic) bond motifs is 1. The van der Waals surface area contributed by atoms with Crippen molar-refractivity contribution in [3.8, 4) is 0 Å². The molecule has 0 radical (unpaired) electrons. The Morgan fingerprint density at radius 1 is 0.810 bits per heavy atom. The van der Waals surface area contributed by atoms with Gasteiger partial charge < -0.3 is 0 Å². The normalized spacial score (nSPS) is 10.6. The molecule has 21 heavy (non-hydrogen) atoms. The van der Waals surface area contributed by atoms with E-state index in [1.54, 1.807) is 0 Å². The summed E-state index contributed by atoms with van der Waals surface area (Å²) in [6, 6.07) is 16.7. The summed E-state index contributed by atoms with van der Waals surface area (Å²) >= 11 is 0. The maximum Gasteiger partial charge on any atom is -0.0184 e. The van der Waals surface area contributed by atoms with E-state index >= 15 is 0 Å². The molecule has 0 heterocycles. The Hall–Kier alpha value is -1.82. The van der Waals surface area contributed by atoms with Crippen LogP contribution < -0.4 is 0 Å². The number of benzene rings is 2. The molecule has 0 aliphatic heterocycles. The molecular formula is C21H30. The fourth-order valence-corrected chi connectivity index (χ4v) is 1.83. The minimum atomic E-state index is 1.13. The third kappa shape index (κ3) is 8.86. The van der Waals surface area contributed by atoms with Crippen molar-refractivity contribution in [3.63, 3.8) is 0 Å². The summed E-state index contributed by atoms with van der Waals surface area (Å²) in [4.78, 5) is 0. The van der Waals surface area contributed by atoms with Crippen molar-refractivity contribution in [2.24, 2.45) is 0 Å². The van der Waals surface area contributed by atoms with Crippen LogP contribution in [0.25, 0.3) is 10.8 Å². The Labute approximate surface area is 131 Å². The van der Waals surface area contributed by atoms with Crippen LogP contribution in [0.2, 0.25) is 0 Å². The van der Waals surface area contributed by atoms with E-state index in [0.717, 1.165) is 12.8 Å². The van der Waals surface area contributed by atoms with E-state index < -0.39 is 0 Å². The second-order valence-corrected chi connectivity index (χ2v) is 4.51. The Morgan fingerprint density at radius 3 is 1.57 bits per heavy atom. The molecular weight excluding hydrogens is 252 g/mol. The van der Waals surface area contributed by atoms with E-state index in [9.17, 15) is 0 Å².